The summed E-state index contributed by atoms with van der Waals surface area (Å²) in [5, 5.41) is 0. The fourth-order valence-corrected chi connectivity index (χ4v) is 3.19. The summed E-state index contributed by atoms with van der Waals surface area (Å²) in [5.41, 5.74) is 2.38. The number of hydrogen-bond donors (Lipinski definition) is 0. The molecular weight excluding hydrogens is 286 g/mol. The van der Waals surface area contributed by atoms with Crippen molar-refractivity contribution in [3.05, 3.63) is 71.8 Å². The van der Waals surface area contributed by atoms with Gasteiger partial charge in [-0.1, -0.05) is 67.6 Å². The molecule has 1 fully saturated rings. The minimum atomic E-state index is 0.0389. The SMILES string of the molecule is CC[C@H](CC(=O)N1COC[C@@H]1c1ccccc1)c1ccccc1. The summed E-state index contributed by atoms with van der Waals surface area (Å²) >= 11 is 0. The zero-order chi connectivity index (χ0) is 16.1. The zero-order valence-electron chi connectivity index (χ0n) is 13.5. The summed E-state index contributed by atoms with van der Waals surface area (Å²) in [4.78, 5) is 14.7. The molecule has 1 heterocycles. The third-order valence-corrected chi connectivity index (χ3v) is 4.57. The largest absolute Gasteiger partial charge is 0.359 e. The van der Waals surface area contributed by atoms with E-state index in [1.165, 1.54) is 5.56 Å². The van der Waals surface area contributed by atoms with Crippen LogP contribution < -0.4 is 0 Å². The Labute approximate surface area is 137 Å². The second-order valence-corrected chi connectivity index (χ2v) is 6.01. The minimum Gasteiger partial charge on any atom is -0.359 e. The lowest BCUT2D eigenvalue weighted by atomic mass is 9.92. The number of nitrogens with zero attached hydrogens (tertiary/aromatic N) is 1. The number of amides is 1. The summed E-state index contributed by atoms with van der Waals surface area (Å²) in [6.45, 7) is 3.11. The lowest BCUT2D eigenvalue weighted by Gasteiger charge is -2.25. The van der Waals surface area contributed by atoms with E-state index in [0.29, 0.717) is 19.8 Å². The molecule has 0 aromatic heterocycles. The fraction of sp³-hybridized carbons (Fsp3) is 0.350. The molecular formula is C20H23NO2. The number of rotatable bonds is 5. The molecule has 120 valence electrons. The van der Waals surface area contributed by atoms with Crippen molar-refractivity contribution in [2.24, 2.45) is 0 Å². The normalized spacial score (nSPS) is 18.8. The van der Waals surface area contributed by atoms with E-state index in [1.807, 2.05) is 41.3 Å². The number of ether oxygens (including phenoxy) is 1. The van der Waals surface area contributed by atoms with Crippen LogP contribution in [0, 0.1) is 0 Å². The molecule has 0 N–H and O–H groups in total. The maximum Gasteiger partial charge on any atom is 0.225 e. The monoisotopic (exact) mass is 309 g/mol. The first-order valence-corrected chi connectivity index (χ1v) is 8.26. The Bertz CT molecular complexity index is 627. The van der Waals surface area contributed by atoms with E-state index in [2.05, 4.69) is 31.2 Å². The van der Waals surface area contributed by atoms with Crippen LogP contribution in [0.2, 0.25) is 0 Å². The summed E-state index contributed by atoms with van der Waals surface area (Å²) < 4.78 is 5.57. The molecule has 3 nitrogen and oxygen atoms in total. The molecule has 2 aromatic carbocycles. The molecule has 23 heavy (non-hydrogen) atoms. The molecule has 0 radical (unpaired) electrons. The van der Waals surface area contributed by atoms with Gasteiger partial charge >= 0.3 is 0 Å². The second-order valence-electron chi connectivity index (χ2n) is 6.01. The molecule has 3 rings (SSSR count). The van der Waals surface area contributed by atoms with Gasteiger partial charge in [-0.15, -0.1) is 0 Å². The van der Waals surface area contributed by atoms with Crippen LogP contribution in [0.5, 0.6) is 0 Å². The quantitative estimate of drug-likeness (QED) is 0.831. The van der Waals surface area contributed by atoms with E-state index in [1.54, 1.807) is 0 Å². The van der Waals surface area contributed by atoms with Crippen LogP contribution in [0.25, 0.3) is 0 Å². The van der Waals surface area contributed by atoms with Crippen LogP contribution in [-0.2, 0) is 9.53 Å². The van der Waals surface area contributed by atoms with Crippen molar-refractivity contribution < 1.29 is 9.53 Å². The first-order valence-electron chi connectivity index (χ1n) is 8.26. The lowest BCUT2D eigenvalue weighted by Crippen LogP contribution is -2.32. The summed E-state index contributed by atoms with van der Waals surface area (Å²) in [7, 11) is 0. The molecule has 1 aliphatic heterocycles. The minimum absolute atomic E-state index is 0.0389. The molecule has 1 amide bonds. The average molecular weight is 309 g/mol. The van der Waals surface area contributed by atoms with Gasteiger partial charge in [0.2, 0.25) is 5.91 Å². The first kappa shape index (κ1) is 15.8. The van der Waals surface area contributed by atoms with Gasteiger partial charge in [-0.3, -0.25) is 4.79 Å². The van der Waals surface area contributed by atoms with E-state index in [4.69, 9.17) is 4.74 Å². The van der Waals surface area contributed by atoms with Gasteiger partial charge in [0.05, 0.1) is 12.6 Å². The first-order chi connectivity index (χ1) is 11.3. The van der Waals surface area contributed by atoms with Crippen LogP contribution >= 0.6 is 0 Å². The van der Waals surface area contributed by atoms with Gasteiger partial charge in [0.1, 0.15) is 6.73 Å². The van der Waals surface area contributed by atoms with Crippen LogP contribution in [0.15, 0.2) is 60.7 Å². The number of carbonyl (C=O) groups is 1. The van der Waals surface area contributed by atoms with Crippen molar-refractivity contribution in [2.45, 2.75) is 31.7 Å². The Hall–Kier alpha value is -2.13. The van der Waals surface area contributed by atoms with Gasteiger partial charge in [-0.2, -0.15) is 0 Å². The molecule has 0 aliphatic carbocycles. The van der Waals surface area contributed by atoms with Crippen LogP contribution in [0.3, 0.4) is 0 Å². The third-order valence-electron chi connectivity index (χ3n) is 4.57. The summed E-state index contributed by atoms with van der Waals surface area (Å²) in [6.07, 6.45) is 1.49. The zero-order valence-corrected chi connectivity index (χ0v) is 13.5. The van der Waals surface area contributed by atoms with Gasteiger partial charge in [0, 0.05) is 6.42 Å². The van der Waals surface area contributed by atoms with Crippen molar-refractivity contribution in [2.75, 3.05) is 13.3 Å². The Kier molecular flexibility index (Phi) is 5.09. The predicted molar refractivity (Wildman–Crippen MR) is 90.9 cm³/mol. The lowest BCUT2D eigenvalue weighted by molar-refractivity contribution is -0.133. The van der Waals surface area contributed by atoms with Gasteiger partial charge in [0.25, 0.3) is 0 Å². The van der Waals surface area contributed by atoms with Crippen molar-refractivity contribution in [3.63, 3.8) is 0 Å². The third kappa shape index (κ3) is 3.62. The highest BCUT2D eigenvalue weighted by atomic mass is 16.5. The molecule has 2 aromatic rings. The standard InChI is InChI=1S/C20H23NO2/c1-2-16(17-9-5-3-6-10-17)13-20(22)21-15-23-14-19(21)18-11-7-4-8-12-18/h3-12,16,19H,2,13-15H2,1H3/t16-,19-/m1/s1. The maximum absolute atomic E-state index is 12.8. The molecule has 0 bridgehead atoms. The summed E-state index contributed by atoms with van der Waals surface area (Å²) in [6, 6.07) is 20.5. The van der Waals surface area contributed by atoms with E-state index in [-0.39, 0.29) is 17.9 Å². The number of benzene rings is 2. The smallest absolute Gasteiger partial charge is 0.225 e. The van der Waals surface area contributed by atoms with Gasteiger partial charge < -0.3 is 9.64 Å². The van der Waals surface area contributed by atoms with Gasteiger partial charge in [0.15, 0.2) is 0 Å². The van der Waals surface area contributed by atoms with E-state index >= 15 is 0 Å². The maximum atomic E-state index is 12.8. The molecule has 0 unspecified atom stereocenters. The van der Waals surface area contributed by atoms with Gasteiger partial charge in [-0.25, -0.2) is 0 Å². The van der Waals surface area contributed by atoms with E-state index in [9.17, 15) is 4.79 Å². The highest BCUT2D eigenvalue weighted by Gasteiger charge is 2.31. The van der Waals surface area contributed by atoms with Crippen molar-refractivity contribution in [1.82, 2.24) is 4.90 Å². The highest BCUT2D eigenvalue weighted by Crippen LogP contribution is 2.30. The Morgan fingerprint density at radius 3 is 2.43 bits per heavy atom. The Balaban J connectivity index is 1.72. The van der Waals surface area contributed by atoms with Crippen LogP contribution in [-0.4, -0.2) is 24.1 Å². The van der Waals surface area contributed by atoms with E-state index < -0.39 is 0 Å². The van der Waals surface area contributed by atoms with Crippen molar-refractivity contribution >= 4 is 5.91 Å². The Morgan fingerprint density at radius 2 is 1.78 bits per heavy atom. The number of hydrogen-bond acceptors (Lipinski definition) is 2. The summed E-state index contributed by atoms with van der Waals surface area (Å²) in [5.74, 6) is 0.438. The van der Waals surface area contributed by atoms with Crippen molar-refractivity contribution in [1.29, 1.82) is 0 Å². The predicted octanol–water partition coefficient (Wildman–Crippen LogP) is 4.13. The highest BCUT2D eigenvalue weighted by molar-refractivity contribution is 5.77. The second kappa shape index (κ2) is 7.42. The fourth-order valence-electron chi connectivity index (χ4n) is 3.19. The Morgan fingerprint density at radius 1 is 1.13 bits per heavy atom. The van der Waals surface area contributed by atoms with Crippen LogP contribution in [0.1, 0.15) is 42.9 Å². The molecule has 2 atom stereocenters. The van der Waals surface area contributed by atoms with Crippen LogP contribution in [0.4, 0.5) is 0 Å². The van der Waals surface area contributed by atoms with Crippen molar-refractivity contribution in [3.8, 4) is 0 Å². The molecule has 0 saturated carbocycles. The molecule has 1 saturated heterocycles. The molecule has 3 heteroatoms. The van der Waals surface area contributed by atoms with E-state index in [0.717, 1.165) is 12.0 Å². The molecule has 1 aliphatic rings. The topological polar surface area (TPSA) is 29.5 Å². The van der Waals surface area contributed by atoms with Gasteiger partial charge in [-0.05, 0) is 23.5 Å². The molecule has 0 spiro atoms. The number of carbonyl (C=O) groups excluding carboxylic acids is 1. The average Bonchev–Trinajstić information content (AvgIpc) is 3.11.